The van der Waals surface area contributed by atoms with Gasteiger partial charge >= 0.3 is 7.12 Å². The third-order valence-corrected chi connectivity index (χ3v) is 3.79. The number of benzene rings is 1. The van der Waals surface area contributed by atoms with Gasteiger partial charge in [0.2, 0.25) is 0 Å². The molecule has 0 radical (unpaired) electrons. The number of rotatable bonds is 8. The molecule has 21 heavy (non-hydrogen) atoms. The van der Waals surface area contributed by atoms with Gasteiger partial charge in [-0.1, -0.05) is 25.5 Å². The zero-order valence-electron chi connectivity index (χ0n) is 13.7. The van der Waals surface area contributed by atoms with Crippen molar-refractivity contribution in [3.05, 3.63) is 24.3 Å². The highest BCUT2D eigenvalue weighted by Gasteiger charge is 2.39. The molecule has 1 aromatic carbocycles. The molecule has 1 rings (SSSR count). The van der Waals surface area contributed by atoms with Crippen molar-refractivity contribution in [1.82, 2.24) is 0 Å². The van der Waals surface area contributed by atoms with Gasteiger partial charge in [-0.2, -0.15) is 0 Å². The quantitative estimate of drug-likeness (QED) is 0.569. The summed E-state index contributed by atoms with van der Waals surface area (Å²) in [6.45, 7) is 9.58. The Labute approximate surface area is 128 Å². The molecule has 0 aromatic heterocycles. The highest BCUT2D eigenvalue weighted by molar-refractivity contribution is 6.60. The molecule has 0 saturated carbocycles. The lowest BCUT2D eigenvalue weighted by molar-refractivity contribution is -0.0982. The Bertz CT molecular complexity index is 440. The first-order valence-corrected chi connectivity index (χ1v) is 7.48. The minimum Gasteiger partial charge on any atom is -0.494 e. The van der Waals surface area contributed by atoms with Crippen molar-refractivity contribution in [2.75, 3.05) is 6.61 Å². The fraction of sp³-hybridized carbons (Fsp3) is 0.625. The van der Waals surface area contributed by atoms with E-state index in [0.717, 1.165) is 12.8 Å². The van der Waals surface area contributed by atoms with Crippen LogP contribution in [-0.4, -0.2) is 35.1 Å². The highest BCUT2D eigenvalue weighted by atomic mass is 16.5. The molecule has 118 valence electrons. The van der Waals surface area contributed by atoms with Crippen LogP contribution in [0.3, 0.4) is 0 Å². The number of unbranched alkanes of at least 4 members (excludes halogenated alkanes) is 1. The minimum atomic E-state index is -1.11. The average Bonchev–Trinajstić information content (AvgIpc) is 2.37. The first kappa shape index (κ1) is 18.0. The molecule has 0 saturated heterocycles. The maximum atomic E-state index is 10.2. The fourth-order valence-electron chi connectivity index (χ4n) is 1.58. The van der Waals surface area contributed by atoms with Gasteiger partial charge in [-0.25, -0.2) is 0 Å². The van der Waals surface area contributed by atoms with Crippen LogP contribution in [0.5, 0.6) is 5.75 Å². The third-order valence-electron chi connectivity index (χ3n) is 3.79. The summed E-state index contributed by atoms with van der Waals surface area (Å²) in [6, 6.07) is 7.21. The number of aliphatic hydroxyl groups is 1. The molecule has 0 aliphatic heterocycles. The first-order valence-electron chi connectivity index (χ1n) is 7.48. The van der Waals surface area contributed by atoms with Crippen LogP contribution in [0.2, 0.25) is 0 Å². The van der Waals surface area contributed by atoms with E-state index in [-0.39, 0.29) is 0 Å². The molecule has 2 N–H and O–H groups in total. The average molecular weight is 294 g/mol. The van der Waals surface area contributed by atoms with Gasteiger partial charge in [0.15, 0.2) is 0 Å². The summed E-state index contributed by atoms with van der Waals surface area (Å²) < 4.78 is 11.2. The summed E-state index contributed by atoms with van der Waals surface area (Å²) in [5.41, 5.74) is -1.34. The molecule has 0 bridgehead atoms. The van der Waals surface area contributed by atoms with Crippen molar-refractivity contribution in [3.8, 4) is 5.75 Å². The lowest BCUT2D eigenvalue weighted by Gasteiger charge is -2.38. The van der Waals surface area contributed by atoms with E-state index in [1.54, 1.807) is 39.8 Å². The molecule has 5 heteroatoms. The van der Waals surface area contributed by atoms with Crippen LogP contribution in [0.15, 0.2) is 24.3 Å². The van der Waals surface area contributed by atoms with Crippen molar-refractivity contribution in [2.24, 2.45) is 0 Å². The number of hydrogen-bond donors (Lipinski definition) is 2. The van der Waals surface area contributed by atoms with Gasteiger partial charge in [0, 0.05) is 0 Å². The van der Waals surface area contributed by atoms with E-state index >= 15 is 0 Å². The molecule has 0 unspecified atom stereocenters. The molecular weight excluding hydrogens is 267 g/mol. The van der Waals surface area contributed by atoms with E-state index in [4.69, 9.17) is 9.39 Å². The van der Waals surface area contributed by atoms with E-state index < -0.39 is 18.3 Å². The number of hydrogen-bond acceptors (Lipinski definition) is 4. The summed E-state index contributed by atoms with van der Waals surface area (Å²) in [4.78, 5) is 0. The van der Waals surface area contributed by atoms with Crippen LogP contribution in [-0.2, 0) is 4.65 Å². The second-order valence-electron chi connectivity index (χ2n) is 6.31. The summed E-state index contributed by atoms with van der Waals surface area (Å²) >= 11 is 0. The van der Waals surface area contributed by atoms with Gasteiger partial charge in [0.25, 0.3) is 0 Å². The van der Waals surface area contributed by atoms with E-state index in [9.17, 15) is 10.1 Å². The molecule has 0 aliphatic rings. The van der Waals surface area contributed by atoms with E-state index in [2.05, 4.69) is 6.92 Å². The summed E-state index contributed by atoms with van der Waals surface area (Å²) in [5, 5.41) is 20.3. The Morgan fingerprint density at radius 3 is 2.43 bits per heavy atom. The largest absolute Gasteiger partial charge is 0.494 e. The molecule has 0 amide bonds. The Hall–Kier alpha value is -1.04. The van der Waals surface area contributed by atoms with Gasteiger partial charge in [-0.15, -0.1) is 0 Å². The highest BCUT2D eigenvalue weighted by Crippen LogP contribution is 2.25. The van der Waals surface area contributed by atoms with Crippen molar-refractivity contribution in [1.29, 1.82) is 0 Å². The Morgan fingerprint density at radius 1 is 1.19 bits per heavy atom. The monoisotopic (exact) mass is 294 g/mol. The van der Waals surface area contributed by atoms with Crippen molar-refractivity contribution in [3.63, 3.8) is 0 Å². The third kappa shape index (κ3) is 5.34. The molecule has 0 atom stereocenters. The van der Waals surface area contributed by atoms with Crippen molar-refractivity contribution in [2.45, 2.75) is 58.7 Å². The minimum absolute atomic E-state index is 0.612. The second kappa shape index (κ2) is 7.30. The number of ether oxygens (including phenoxy) is 1. The SMILES string of the molecule is CCCCOc1cccc(B(O)OC(C)(C)C(C)(C)O)c1. The Kier molecular flexibility index (Phi) is 6.26. The standard InChI is InChI=1S/C16H27BO4/c1-6-7-11-20-14-10-8-9-13(12-14)17(19)21-16(4,5)15(2,3)18/h8-10,12,18-19H,6-7,11H2,1-5H3. The molecule has 0 aliphatic carbocycles. The van der Waals surface area contributed by atoms with Gasteiger partial charge in [-0.3, -0.25) is 0 Å². The molecule has 0 heterocycles. The van der Waals surface area contributed by atoms with Crippen LogP contribution in [0.4, 0.5) is 0 Å². The molecular formula is C16H27BO4. The summed E-state index contributed by atoms with van der Waals surface area (Å²) in [5.74, 6) is 0.713. The van der Waals surface area contributed by atoms with Crippen LogP contribution < -0.4 is 10.2 Å². The van der Waals surface area contributed by atoms with Crippen molar-refractivity contribution < 1.29 is 19.5 Å². The van der Waals surface area contributed by atoms with Crippen LogP contribution in [0.1, 0.15) is 47.5 Å². The zero-order valence-corrected chi connectivity index (χ0v) is 13.7. The maximum Gasteiger partial charge on any atom is 0.491 e. The van der Waals surface area contributed by atoms with E-state index in [0.29, 0.717) is 17.8 Å². The topological polar surface area (TPSA) is 58.9 Å². The lowest BCUT2D eigenvalue weighted by Crippen LogP contribution is -2.53. The molecule has 0 fully saturated rings. The Morgan fingerprint density at radius 2 is 1.86 bits per heavy atom. The molecule has 1 aromatic rings. The van der Waals surface area contributed by atoms with Crippen molar-refractivity contribution >= 4 is 12.6 Å². The maximum absolute atomic E-state index is 10.2. The van der Waals surface area contributed by atoms with Crippen LogP contribution in [0.25, 0.3) is 0 Å². The predicted molar refractivity (Wildman–Crippen MR) is 85.9 cm³/mol. The van der Waals surface area contributed by atoms with Crippen LogP contribution >= 0.6 is 0 Å². The van der Waals surface area contributed by atoms with E-state index in [1.807, 2.05) is 12.1 Å². The normalized spacial score (nSPS) is 12.3. The zero-order chi connectivity index (χ0) is 16.1. The van der Waals surface area contributed by atoms with Gasteiger partial charge in [0.05, 0.1) is 17.8 Å². The van der Waals surface area contributed by atoms with Gasteiger partial charge in [0.1, 0.15) is 5.75 Å². The predicted octanol–water partition coefficient (Wildman–Crippen LogP) is 2.12. The Balaban J connectivity index is 2.74. The van der Waals surface area contributed by atoms with Crippen LogP contribution in [0, 0.1) is 0 Å². The molecule has 4 nitrogen and oxygen atoms in total. The lowest BCUT2D eigenvalue weighted by atomic mass is 9.76. The van der Waals surface area contributed by atoms with Gasteiger partial charge < -0.3 is 19.5 Å². The molecule has 0 spiro atoms. The fourth-order valence-corrected chi connectivity index (χ4v) is 1.58. The first-order chi connectivity index (χ1) is 9.67. The second-order valence-corrected chi connectivity index (χ2v) is 6.31. The smallest absolute Gasteiger partial charge is 0.491 e. The summed E-state index contributed by atoms with van der Waals surface area (Å²) in [6.07, 6.45) is 2.07. The van der Waals surface area contributed by atoms with Gasteiger partial charge in [-0.05, 0) is 51.7 Å². The van der Waals surface area contributed by atoms with E-state index in [1.165, 1.54) is 0 Å². The summed E-state index contributed by atoms with van der Waals surface area (Å²) in [7, 11) is -1.11.